The van der Waals surface area contributed by atoms with E-state index in [9.17, 15) is 0 Å². The topological polar surface area (TPSA) is 91.9 Å². The van der Waals surface area contributed by atoms with Gasteiger partial charge >= 0.3 is 0 Å². The Morgan fingerprint density at radius 2 is 2.14 bits per heavy atom. The van der Waals surface area contributed by atoms with Gasteiger partial charge in [0, 0.05) is 5.69 Å². The van der Waals surface area contributed by atoms with E-state index >= 15 is 0 Å². The molecule has 1 heterocycles. The van der Waals surface area contributed by atoms with Crippen LogP contribution in [0.1, 0.15) is 31.0 Å². The van der Waals surface area contributed by atoms with E-state index in [0.717, 1.165) is 30.0 Å². The lowest BCUT2D eigenvalue weighted by Gasteiger charge is -2.03. The molecule has 80 valence electrons. The Kier molecular flexibility index (Phi) is 3.79. The van der Waals surface area contributed by atoms with Crippen molar-refractivity contribution in [3.63, 3.8) is 0 Å². The Morgan fingerprint density at radius 1 is 1.43 bits per heavy atom. The molecule has 1 aromatic rings. The predicted molar refractivity (Wildman–Crippen MR) is 59.5 cm³/mol. The number of rotatable bonds is 5. The zero-order valence-electron chi connectivity index (χ0n) is 8.78. The summed E-state index contributed by atoms with van der Waals surface area (Å²) in [5.41, 5.74) is 14.1. The van der Waals surface area contributed by atoms with Crippen molar-refractivity contribution in [1.29, 1.82) is 0 Å². The number of hydrogen-bond donors (Lipinski definition) is 5. The highest BCUT2D eigenvalue weighted by atomic mass is 15.5. The minimum Gasteiger partial charge on any atom is -0.395 e. The third-order valence-corrected chi connectivity index (χ3v) is 2.34. The first-order valence-electron chi connectivity index (χ1n) is 4.89. The van der Waals surface area contributed by atoms with Crippen LogP contribution in [0.3, 0.4) is 0 Å². The van der Waals surface area contributed by atoms with E-state index in [1.807, 2.05) is 6.92 Å². The van der Waals surface area contributed by atoms with Crippen LogP contribution in [-0.4, -0.2) is 4.98 Å². The number of nitrogen functional groups attached to an aromatic ring is 1. The van der Waals surface area contributed by atoms with Crippen LogP contribution in [0.5, 0.6) is 0 Å². The summed E-state index contributed by atoms with van der Waals surface area (Å²) in [6, 6.07) is 0. The number of aromatic nitrogens is 1. The molecule has 1 rings (SSSR count). The summed E-state index contributed by atoms with van der Waals surface area (Å²) in [5.74, 6) is 5.90. The van der Waals surface area contributed by atoms with E-state index in [4.69, 9.17) is 11.6 Å². The molecule has 5 heteroatoms. The number of anilines is 2. The number of unbranched alkanes of at least 4 members (excludes halogenated alkanes) is 1. The van der Waals surface area contributed by atoms with Gasteiger partial charge < -0.3 is 10.7 Å². The highest BCUT2D eigenvalue weighted by molar-refractivity contribution is 5.68. The molecular weight excluding hydrogens is 178 g/mol. The lowest BCUT2D eigenvalue weighted by Crippen LogP contribution is -2.29. The van der Waals surface area contributed by atoms with E-state index < -0.39 is 0 Å². The number of H-pyrrole nitrogens is 1. The third-order valence-electron chi connectivity index (χ3n) is 2.34. The van der Waals surface area contributed by atoms with Crippen LogP contribution in [0, 0.1) is 6.92 Å². The molecule has 1 aromatic heterocycles. The molecule has 0 amide bonds. The molecule has 0 aliphatic heterocycles. The quantitative estimate of drug-likeness (QED) is 0.360. The van der Waals surface area contributed by atoms with Gasteiger partial charge in [0.1, 0.15) is 5.82 Å². The summed E-state index contributed by atoms with van der Waals surface area (Å²) in [6.07, 6.45) is 3.33. The van der Waals surface area contributed by atoms with Crippen LogP contribution in [0.4, 0.5) is 11.5 Å². The molecule has 0 aromatic carbocycles. The predicted octanol–water partition coefficient (Wildman–Crippen LogP) is 1.04. The van der Waals surface area contributed by atoms with Gasteiger partial charge in [-0.2, -0.15) is 5.53 Å². The van der Waals surface area contributed by atoms with Gasteiger partial charge in [-0.15, -0.1) is 0 Å². The van der Waals surface area contributed by atoms with Gasteiger partial charge in [0.05, 0.1) is 5.69 Å². The molecular formula is C9H19N5. The van der Waals surface area contributed by atoms with Crippen molar-refractivity contribution in [3.05, 3.63) is 11.3 Å². The van der Waals surface area contributed by atoms with Gasteiger partial charge in [-0.25, -0.2) is 0 Å². The third kappa shape index (κ3) is 2.18. The summed E-state index contributed by atoms with van der Waals surface area (Å²) in [6.45, 7) is 4.18. The molecule has 0 aliphatic rings. The summed E-state index contributed by atoms with van der Waals surface area (Å²) in [5, 5.41) is 0. The molecule has 14 heavy (non-hydrogen) atoms. The van der Waals surface area contributed by atoms with Crippen molar-refractivity contribution >= 4 is 11.5 Å². The summed E-state index contributed by atoms with van der Waals surface area (Å²) in [4.78, 5) is 3.14. The number of nitrogens with two attached hydrogens (primary N) is 2. The Balaban J connectivity index is 2.81. The van der Waals surface area contributed by atoms with E-state index in [1.165, 1.54) is 12.0 Å². The molecule has 0 fully saturated rings. The Hall–Kier alpha value is -1.20. The lowest BCUT2D eigenvalue weighted by atomic mass is 10.1. The molecule has 0 radical (unpaired) electrons. The zero-order chi connectivity index (χ0) is 10.6. The van der Waals surface area contributed by atoms with Crippen LogP contribution in [-0.2, 0) is 6.42 Å². The molecule has 0 aliphatic carbocycles. The largest absolute Gasteiger partial charge is 0.395 e. The Bertz CT molecular complexity index is 292. The van der Waals surface area contributed by atoms with Gasteiger partial charge in [-0.3, -0.25) is 11.3 Å². The van der Waals surface area contributed by atoms with Crippen LogP contribution >= 0.6 is 0 Å². The normalized spacial score (nSPS) is 10.5. The van der Waals surface area contributed by atoms with E-state index in [0.29, 0.717) is 0 Å². The average molecular weight is 197 g/mol. The number of aromatic amines is 1. The highest BCUT2D eigenvalue weighted by Gasteiger charge is 2.10. The number of hydrazine groups is 2. The van der Waals surface area contributed by atoms with Gasteiger partial charge in [0.2, 0.25) is 0 Å². The second-order valence-electron chi connectivity index (χ2n) is 3.39. The molecule has 0 spiro atoms. The van der Waals surface area contributed by atoms with Gasteiger partial charge in [-0.05, 0) is 25.3 Å². The monoisotopic (exact) mass is 197 g/mol. The molecule has 0 atom stereocenters. The van der Waals surface area contributed by atoms with E-state index in [1.54, 1.807) is 0 Å². The number of hydrogen-bond acceptors (Lipinski definition) is 4. The van der Waals surface area contributed by atoms with Crippen molar-refractivity contribution in [3.8, 4) is 0 Å². The molecule has 7 N–H and O–H groups in total. The number of nitrogens with one attached hydrogen (secondary N) is 3. The first-order valence-corrected chi connectivity index (χ1v) is 4.89. The Labute approximate surface area is 84.2 Å². The van der Waals surface area contributed by atoms with Crippen molar-refractivity contribution in [2.75, 3.05) is 11.2 Å². The fraction of sp³-hybridized carbons (Fsp3) is 0.556. The first-order chi connectivity index (χ1) is 6.70. The molecule has 0 bridgehead atoms. The molecule has 5 nitrogen and oxygen atoms in total. The van der Waals surface area contributed by atoms with Crippen molar-refractivity contribution < 1.29 is 0 Å². The summed E-state index contributed by atoms with van der Waals surface area (Å²) in [7, 11) is 0. The molecule has 0 unspecified atom stereocenters. The minimum absolute atomic E-state index is 0.746. The zero-order valence-corrected chi connectivity index (χ0v) is 8.78. The van der Waals surface area contributed by atoms with Gasteiger partial charge in [0.25, 0.3) is 0 Å². The summed E-state index contributed by atoms with van der Waals surface area (Å²) < 4.78 is 0. The SMILES string of the molecule is CCCCc1c(C)[nH]c(NNN)c1N. The van der Waals surface area contributed by atoms with Crippen LogP contribution in [0.2, 0.25) is 0 Å². The second kappa shape index (κ2) is 4.88. The van der Waals surface area contributed by atoms with Gasteiger partial charge in [0.15, 0.2) is 0 Å². The van der Waals surface area contributed by atoms with Crippen molar-refractivity contribution in [2.45, 2.75) is 33.1 Å². The van der Waals surface area contributed by atoms with Crippen molar-refractivity contribution in [2.24, 2.45) is 5.84 Å². The van der Waals surface area contributed by atoms with Crippen LogP contribution in [0.25, 0.3) is 0 Å². The van der Waals surface area contributed by atoms with Crippen LogP contribution in [0.15, 0.2) is 0 Å². The Morgan fingerprint density at radius 3 is 2.71 bits per heavy atom. The first kappa shape index (κ1) is 10.9. The average Bonchev–Trinajstić information content (AvgIpc) is 2.41. The fourth-order valence-electron chi connectivity index (χ4n) is 1.53. The lowest BCUT2D eigenvalue weighted by molar-refractivity contribution is 0.793. The van der Waals surface area contributed by atoms with Crippen molar-refractivity contribution in [1.82, 2.24) is 10.5 Å². The molecule has 0 saturated heterocycles. The minimum atomic E-state index is 0.746. The smallest absolute Gasteiger partial charge is 0.142 e. The fourth-order valence-corrected chi connectivity index (χ4v) is 1.53. The standard InChI is InChI=1S/C9H19N5/c1-3-4-5-7-6(2)12-9(8(7)10)13-14-11/h12-14H,3-5,10-11H2,1-2H3. The maximum atomic E-state index is 5.94. The van der Waals surface area contributed by atoms with E-state index in [2.05, 4.69) is 22.9 Å². The number of aryl methyl sites for hydroxylation is 1. The van der Waals surface area contributed by atoms with Gasteiger partial charge in [-0.1, -0.05) is 13.3 Å². The molecule has 0 saturated carbocycles. The van der Waals surface area contributed by atoms with E-state index in [-0.39, 0.29) is 0 Å². The second-order valence-corrected chi connectivity index (χ2v) is 3.39. The van der Waals surface area contributed by atoms with Crippen LogP contribution < -0.4 is 22.5 Å². The maximum Gasteiger partial charge on any atom is 0.142 e. The highest BCUT2D eigenvalue weighted by Crippen LogP contribution is 2.26. The maximum absolute atomic E-state index is 5.94. The summed E-state index contributed by atoms with van der Waals surface area (Å²) >= 11 is 0.